The van der Waals surface area contributed by atoms with E-state index in [4.69, 9.17) is 9.72 Å². The number of benzene rings is 2. The number of carbonyl (C=O) groups excluding carboxylic acids is 1. The molecular weight excluding hydrogens is 460 g/mol. The minimum atomic E-state index is -0.119. The molecule has 1 saturated heterocycles. The van der Waals surface area contributed by atoms with Crippen LogP contribution in [-0.2, 0) is 16.6 Å². The highest BCUT2D eigenvalue weighted by Gasteiger charge is 2.25. The number of anilines is 2. The number of piperazine rings is 1. The first kappa shape index (κ1) is 25.0. The number of hydrogen-bond acceptors (Lipinski definition) is 7. The van der Waals surface area contributed by atoms with Crippen LogP contribution in [0.2, 0.25) is 0 Å². The summed E-state index contributed by atoms with van der Waals surface area (Å²) in [6.07, 6.45) is 0.767. The van der Waals surface area contributed by atoms with Crippen molar-refractivity contribution in [2.75, 3.05) is 50.1 Å². The average Bonchev–Trinajstić information content (AvgIpc) is 3.23. The molecule has 35 heavy (non-hydrogen) atoms. The van der Waals surface area contributed by atoms with E-state index >= 15 is 0 Å². The standard InChI is InChI=1S/C27H34N4O3S/c1-27(2,3)25-23(17-19-5-11-22(34-4)12-6-19)35-26(29-25)28-24(33)18-30-13-15-31(16-14-30)20-7-9-21(32)10-8-20/h5-12,32H,13-18H2,1-4H3,(H,28,29,33). The van der Waals surface area contributed by atoms with E-state index in [1.54, 1.807) is 30.6 Å². The van der Waals surface area contributed by atoms with Crippen molar-refractivity contribution in [1.82, 2.24) is 9.88 Å². The molecule has 1 fully saturated rings. The van der Waals surface area contributed by atoms with Crippen LogP contribution >= 0.6 is 11.3 Å². The van der Waals surface area contributed by atoms with Crippen LogP contribution < -0.4 is 15.0 Å². The Labute approximate surface area is 211 Å². The van der Waals surface area contributed by atoms with Gasteiger partial charge in [0.25, 0.3) is 0 Å². The maximum absolute atomic E-state index is 12.8. The Balaban J connectivity index is 1.36. The molecule has 2 aromatic carbocycles. The molecule has 0 spiro atoms. The van der Waals surface area contributed by atoms with Gasteiger partial charge in [-0.2, -0.15) is 0 Å². The first-order valence-electron chi connectivity index (χ1n) is 11.9. The van der Waals surface area contributed by atoms with Crippen LogP contribution in [0, 0.1) is 0 Å². The zero-order valence-corrected chi connectivity index (χ0v) is 21.7. The van der Waals surface area contributed by atoms with E-state index in [2.05, 4.69) is 48.0 Å². The molecular formula is C27H34N4O3S. The topological polar surface area (TPSA) is 77.9 Å². The molecule has 0 radical (unpaired) electrons. The highest BCUT2D eigenvalue weighted by Crippen LogP contribution is 2.34. The molecule has 0 unspecified atom stereocenters. The monoisotopic (exact) mass is 494 g/mol. The van der Waals surface area contributed by atoms with E-state index < -0.39 is 0 Å². The van der Waals surface area contributed by atoms with Crippen LogP contribution in [0.5, 0.6) is 11.5 Å². The molecule has 3 aromatic rings. The highest BCUT2D eigenvalue weighted by atomic mass is 32.1. The number of rotatable bonds is 7. The van der Waals surface area contributed by atoms with E-state index in [0.717, 1.165) is 49.7 Å². The quantitative estimate of drug-likeness (QED) is 0.503. The number of ether oxygens (including phenoxy) is 1. The smallest absolute Gasteiger partial charge is 0.240 e. The number of aromatic nitrogens is 1. The predicted octanol–water partition coefficient (Wildman–Crippen LogP) is 4.51. The average molecular weight is 495 g/mol. The largest absolute Gasteiger partial charge is 0.508 e. The molecule has 1 aromatic heterocycles. The minimum absolute atomic E-state index is 0.0340. The fourth-order valence-corrected chi connectivity index (χ4v) is 5.45. The zero-order valence-electron chi connectivity index (χ0n) is 20.9. The van der Waals surface area contributed by atoms with Crippen molar-refractivity contribution in [2.24, 2.45) is 0 Å². The SMILES string of the molecule is COc1ccc(Cc2sc(NC(=O)CN3CCN(c4ccc(O)cc4)CC3)nc2C(C)(C)C)cc1. The Hall–Kier alpha value is -3.10. The number of thiazole rings is 1. The molecule has 0 saturated carbocycles. The second-order valence-electron chi connectivity index (χ2n) is 9.89. The molecule has 1 aliphatic rings. The number of hydrogen-bond donors (Lipinski definition) is 2. The van der Waals surface area contributed by atoms with E-state index in [1.165, 1.54) is 10.4 Å². The zero-order chi connectivity index (χ0) is 25.0. The number of nitrogens with zero attached hydrogens (tertiary/aromatic N) is 3. The fraction of sp³-hybridized carbons (Fsp3) is 0.407. The van der Waals surface area contributed by atoms with Gasteiger partial charge in [0.1, 0.15) is 11.5 Å². The van der Waals surface area contributed by atoms with Crippen molar-refractivity contribution >= 4 is 28.1 Å². The van der Waals surface area contributed by atoms with Gasteiger partial charge in [-0.1, -0.05) is 32.9 Å². The predicted molar refractivity (Wildman–Crippen MR) is 142 cm³/mol. The van der Waals surface area contributed by atoms with Crippen molar-refractivity contribution in [3.8, 4) is 11.5 Å². The van der Waals surface area contributed by atoms with Gasteiger partial charge >= 0.3 is 0 Å². The van der Waals surface area contributed by atoms with Crippen LogP contribution in [0.15, 0.2) is 48.5 Å². The lowest BCUT2D eigenvalue weighted by Crippen LogP contribution is -2.48. The van der Waals surface area contributed by atoms with E-state index in [-0.39, 0.29) is 17.1 Å². The molecule has 7 nitrogen and oxygen atoms in total. The molecule has 2 heterocycles. The number of nitrogens with one attached hydrogen (secondary N) is 1. The van der Waals surface area contributed by atoms with Gasteiger partial charge in [-0.25, -0.2) is 4.98 Å². The molecule has 0 bridgehead atoms. The molecule has 8 heteroatoms. The summed E-state index contributed by atoms with van der Waals surface area (Å²) in [4.78, 5) is 23.3. The van der Waals surface area contributed by atoms with Crippen LogP contribution in [-0.4, -0.2) is 60.7 Å². The first-order chi connectivity index (χ1) is 16.7. The van der Waals surface area contributed by atoms with Gasteiger partial charge in [0.15, 0.2) is 5.13 Å². The van der Waals surface area contributed by atoms with E-state index in [9.17, 15) is 9.90 Å². The van der Waals surface area contributed by atoms with Crippen molar-refractivity contribution in [3.05, 3.63) is 64.7 Å². The third-order valence-corrected chi connectivity index (χ3v) is 7.10. The van der Waals surface area contributed by atoms with Crippen molar-refractivity contribution in [2.45, 2.75) is 32.6 Å². The summed E-state index contributed by atoms with van der Waals surface area (Å²) in [5, 5.41) is 13.2. The molecule has 4 rings (SSSR count). The third-order valence-electron chi connectivity index (χ3n) is 6.13. The van der Waals surface area contributed by atoms with Crippen LogP contribution in [0.1, 0.15) is 36.9 Å². The Bertz CT molecular complexity index is 1130. The van der Waals surface area contributed by atoms with Crippen LogP contribution in [0.3, 0.4) is 0 Å². The Morgan fingerprint density at radius 3 is 2.31 bits per heavy atom. The minimum Gasteiger partial charge on any atom is -0.508 e. The van der Waals surface area contributed by atoms with Gasteiger partial charge in [0.05, 0.1) is 19.3 Å². The molecule has 1 aliphatic heterocycles. The summed E-state index contributed by atoms with van der Waals surface area (Å²) in [7, 11) is 1.67. The van der Waals surface area contributed by atoms with Gasteiger partial charge in [0.2, 0.25) is 5.91 Å². The summed E-state index contributed by atoms with van der Waals surface area (Å²) in [6, 6.07) is 15.3. The summed E-state index contributed by atoms with van der Waals surface area (Å²) in [6.45, 7) is 10.1. The van der Waals surface area contributed by atoms with Crippen molar-refractivity contribution in [3.63, 3.8) is 0 Å². The second-order valence-corrected chi connectivity index (χ2v) is 11.0. The molecule has 2 N–H and O–H groups in total. The van der Waals surface area contributed by atoms with Crippen molar-refractivity contribution in [1.29, 1.82) is 0 Å². The number of phenols is 1. The molecule has 0 aliphatic carbocycles. The van der Waals surface area contributed by atoms with E-state index in [0.29, 0.717) is 11.7 Å². The molecule has 1 amide bonds. The highest BCUT2D eigenvalue weighted by molar-refractivity contribution is 7.15. The van der Waals surface area contributed by atoms with Crippen molar-refractivity contribution < 1.29 is 14.6 Å². The van der Waals surface area contributed by atoms with E-state index in [1.807, 2.05) is 24.3 Å². The lowest BCUT2D eigenvalue weighted by molar-refractivity contribution is -0.117. The number of amides is 1. The van der Waals surface area contributed by atoms with Gasteiger partial charge in [-0.05, 0) is 42.0 Å². The first-order valence-corrected chi connectivity index (χ1v) is 12.7. The maximum Gasteiger partial charge on any atom is 0.240 e. The number of aromatic hydroxyl groups is 1. The number of methoxy groups -OCH3 is 1. The van der Waals surface area contributed by atoms with Gasteiger partial charge < -0.3 is 20.1 Å². The molecule has 0 atom stereocenters. The maximum atomic E-state index is 12.8. The molecule has 186 valence electrons. The summed E-state index contributed by atoms with van der Waals surface area (Å²) < 4.78 is 5.27. The lowest BCUT2D eigenvalue weighted by atomic mass is 9.90. The van der Waals surface area contributed by atoms with Crippen LogP contribution in [0.4, 0.5) is 10.8 Å². The number of carbonyl (C=O) groups is 1. The van der Waals surface area contributed by atoms with Gasteiger partial charge in [-0.15, -0.1) is 11.3 Å². The number of phenolic OH excluding ortho intramolecular Hbond substituents is 1. The lowest BCUT2D eigenvalue weighted by Gasteiger charge is -2.35. The Morgan fingerprint density at radius 1 is 1.06 bits per heavy atom. The van der Waals surface area contributed by atoms with Gasteiger partial charge in [0, 0.05) is 48.6 Å². The summed E-state index contributed by atoms with van der Waals surface area (Å²) in [5.74, 6) is 1.08. The summed E-state index contributed by atoms with van der Waals surface area (Å²) >= 11 is 1.56. The Morgan fingerprint density at radius 2 is 1.71 bits per heavy atom. The Kier molecular flexibility index (Phi) is 7.62. The normalized spacial score (nSPS) is 14.7. The van der Waals surface area contributed by atoms with Crippen LogP contribution in [0.25, 0.3) is 0 Å². The summed E-state index contributed by atoms with van der Waals surface area (Å²) in [5.41, 5.74) is 3.18. The fourth-order valence-electron chi connectivity index (χ4n) is 4.23. The third kappa shape index (κ3) is 6.52. The van der Waals surface area contributed by atoms with Gasteiger partial charge in [-0.3, -0.25) is 9.69 Å². The second kappa shape index (κ2) is 10.7.